The normalized spacial score (nSPS) is 39.6. The molecule has 0 aromatic rings. The first kappa shape index (κ1) is 14.9. The monoisotopic (exact) mass is 280 g/mol. The molecule has 0 spiro atoms. The average molecular weight is 280 g/mol. The number of ketones is 1. The summed E-state index contributed by atoms with van der Waals surface area (Å²) >= 11 is 0. The van der Waals surface area contributed by atoms with Crippen LogP contribution < -0.4 is 0 Å². The molecule has 0 amide bonds. The first-order valence-electron chi connectivity index (χ1n) is 6.72. The third kappa shape index (κ3) is 1.84. The van der Waals surface area contributed by atoms with Crippen LogP contribution in [0.3, 0.4) is 0 Å². The lowest BCUT2D eigenvalue weighted by molar-refractivity contribution is -0.144. The molecular weight excluding hydrogens is 260 g/mol. The Morgan fingerprint density at radius 2 is 1.95 bits per heavy atom. The second-order valence-corrected chi connectivity index (χ2v) is 5.96. The van der Waals surface area contributed by atoms with Crippen molar-refractivity contribution in [3.63, 3.8) is 0 Å². The Bertz CT molecular complexity index is 530. The minimum Gasteiger partial charge on any atom is -0.461 e. The smallest absolute Gasteiger partial charge is 0.309 e. The van der Waals surface area contributed by atoms with Crippen molar-refractivity contribution < 1.29 is 24.9 Å². The maximum atomic E-state index is 12.1. The molecule has 1 heterocycles. The van der Waals surface area contributed by atoms with Gasteiger partial charge in [-0.3, -0.25) is 9.59 Å². The van der Waals surface area contributed by atoms with Gasteiger partial charge >= 0.3 is 5.97 Å². The molecule has 3 N–H and O–H groups in total. The number of allylic oxidation sites excluding steroid dienone is 1. The van der Waals surface area contributed by atoms with E-state index in [9.17, 15) is 14.7 Å². The van der Waals surface area contributed by atoms with Gasteiger partial charge in [-0.05, 0) is 26.3 Å². The molecule has 3 aliphatic rings. The SMILES string of the molecule is CC1=CC(=O)C2=C(C)C[C@@H](O)C3[C@@H](OC(=O)[C@@H]3C)C12.O. The summed E-state index contributed by atoms with van der Waals surface area (Å²) in [5, 5.41) is 10.3. The van der Waals surface area contributed by atoms with Crippen LogP contribution in [0.4, 0.5) is 0 Å². The van der Waals surface area contributed by atoms with Gasteiger partial charge in [0, 0.05) is 17.4 Å². The van der Waals surface area contributed by atoms with Crippen LogP contribution in [0, 0.1) is 17.8 Å². The van der Waals surface area contributed by atoms with Crippen LogP contribution in [0.25, 0.3) is 0 Å². The molecule has 1 aliphatic heterocycles. The molecule has 0 bridgehead atoms. The summed E-state index contributed by atoms with van der Waals surface area (Å²) in [6.45, 7) is 5.59. The number of esters is 1. The molecule has 0 aromatic heterocycles. The summed E-state index contributed by atoms with van der Waals surface area (Å²) in [5.41, 5.74) is 2.59. The number of aliphatic hydroxyl groups excluding tert-OH is 1. The molecule has 5 nitrogen and oxygen atoms in total. The number of ether oxygens (including phenoxy) is 1. The topological polar surface area (TPSA) is 95.1 Å². The minimum atomic E-state index is -0.620. The lowest BCUT2D eigenvalue weighted by atomic mass is 9.80. The van der Waals surface area contributed by atoms with Crippen LogP contribution >= 0.6 is 0 Å². The van der Waals surface area contributed by atoms with Crippen molar-refractivity contribution in [2.24, 2.45) is 17.8 Å². The van der Waals surface area contributed by atoms with Gasteiger partial charge in [-0.15, -0.1) is 0 Å². The van der Waals surface area contributed by atoms with Crippen LogP contribution in [0.5, 0.6) is 0 Å². The van der Waals surface area contributed by atoms with E-state index >= 15 is 0 Å². The van der Waals surface area contributed by atoms with E-state index in [1.165, 1.54) is 0 Å². The van der Waals surface area contributed by atoms with Gasteiger partial charge in [-0.1, -0.05) is 18.1 Å². The number of carbonyl (C=O) groups excluding carboxylic acids is 2. The molecule has 0 radical (unpaired) electrons. The summed E-state index contributed by atoms with van der Waals surface area (Å²) in [6, 6.07) is 0. The Morgan fingerprint density at radius 3 is 2.60 bits per heavy atom. The Hall–Kier alpha value is -1.46. The van der Waals surface area contributed by atoms with Crippen LogP contribution in [0.15, 0.2) is 22.8 Å². The van der Waals surface area contributed by atoms with E-state index in [1.807, 2.05) is 13.8 Å². The molecule has 5 heteroatoms. The highest BCUT2D eigenvalue weighted by Gasteiger charge is 2.53. The number of fused-ring (bicyclic) bond motifs is 3. The van der Waals surface area contributed by atoms with E-state index in [0.29, 0.717) is 6.42 Å². The third-order valence-electron chi connectivity index (χ3n) is 4.75. The minimum absolute atomic E-state index is 0. The van der Waals surface area contributed by atoms with Crippen molar-refractivity contribution in [2.75, 3.05) is 0 Å². The van der Waals surface area contributed by atoms with E-state index in [-0.39, 0.29) is 35.0 Å². The van der Waals surface area contributed by atoms with Gasteiger partial charge in [0.2, 0.25) is 0 Å². The average Bonchev–Trinajstić information content (AvgIpc) is 2.72. The van der Waals surface area contributed by atoms with Crippen molar-refractivity contribution in [3.05, 3.63) is 22.8 Å². The van der Waals surface area contributed by atoms with Crippen molar-refractivity contribution in [1.82, 2.24) is 0 Å². The van der Waals surface area contributed by atoms with Gasteiger partial charge in [0.15, 0.2) is 5.78 Å². The van der Waals surface area contributed by atoms with E-state index in [2.05, 4.69) is 0 Å². The summed E-state index contributed by atoms with van der Waals surface area (Å²) < 4.78 is 5.48. The van der Waals surface area contributed by atoms with Crippen molar-refractivity contribution in [3.8, 4) is 0 Å². The van der Waals surface area contributed by atoms with Crippen molar-refractivity contribution >= 4 is 11.8 Å². The lowest BCUT2D eigenvalue weighted by Gasteiger charge is -2.26. The van der Waals surface area contributed by atoms with Gasteiger partial charge in [0.05, 0.1) is 12.0 Å². The second-order valence-electron chi connectivity index (χ2n) is 5.96. The maximum Gasteiger partial charge on any atom is 0.309 e. The molecule has 20 heavy (non-hydrogen) atoms. The highest BCUT2D eigenvalue weighted by molar-refractivity contribution is 6.09. The van der Waals surface area contributed by atoms with Gasteiger partial charge in [0.1, 0.15) is 6.10 Å². The zero-order valence-corrected chi connectivity index (χ0v) is 11.8. The number of hydrogen-bond acceptors (Lipinski definition) is 4. The number of aliphatic hydroxyl groups is 1. The van der Waals surface area contributed by atoms with Crippen molar-refractivity contribution in [1.29, 1.82) is 0 Å². The van der Waals surface area contributed by atoms with Crippen LogP contribution in [-0.2, 0) is 14.3 Å². The van der Waals surface area contributed by atoms with E-state index < -0.39 is 12.2 Å². The molecule has 110 valence electrons. The summed E-state index contributed by atoms with van der Waals surface area (Å²) in [7, 11) is 0. The predicted molar refractivity (Wildman–Crippen MR) is 71.7 cm³/mol. The quantitative estimate of drug-likeness (QED) is 0.656. The van der Waals surface area contributed by atoms with Crippen LogP contribution in [-0.4, -0.2) is 34.5 Å². The Balaban J connectivity index is 0.00000147. The number of hydrogen-bond donors (Lipinski definition) is 1. The molecule has 1 fully saturated rings. The summed E-state index contributed by atoms with van der Waals surface area (Å²) in [4.78, 5) is 23.9. The fourth-order valence-corrected chi connectivity index (χ4v) is 3.82. The molecule has 2 aliphatic carbocycles. The lowest BCUT2D eigenvalue weighted by Crippen LogP contribution is -2.35. The first-order valence-corrected chi connectivity index (χ1v) is 6.72. The van der Waals surface area contributed by atoms with E-state index in [1.54, 1.807) is 13.0 Å². The molecular formula is C15H20O5. The molecule has 2 unspecified atom stereocenters. The fraction of sp³-hybridized carbons (Fsp3) is 0.600. The van der Waals surface area contributed by atoms with Gasteiger partial charge in [0.25, 0.3) is 0 Å². The largest absolute Gasteiger partial charge is 0.461 e. The van der Waals surface area contributed by atoms with Gasteiger partial charge in [-0.2, -0.15) is 0 Å². The highest BCUT2D eigenvalue weighted by Crippen LogP contribution is 2.47. The zero-order valence-electron chi connectivity index (χ0n) is 11.8. The molecule has 0 aromatic carbocycles. The standard InChI is InChI=1S/C15H18O4.H2O/c1-6-4-10(17)13-8(3)15(18)19-14(13)12-7(2)5-9(16)11(6)12;/h5,8,10,12-14,17H,4H2,1-3H3;1H2/t8-,10-,12?,13?,14+;/m1./s1. The predicted octanol–water partition coefficient (Wildman–Crippen LogP) is 0.566. The fourth-order valence-electron chi connectivity index (χ4n) is 3.82. The van der Waals surface area contributed by atoms with E-state index in [4.69, 9.17) is 4.74 Å². The third-order valence-corrected chi connectivity index (χ3v) is 4.75. The molecule has 1 saturated heterocycles. The Morgan fingerprint density at radius 1 is 1.30 bits per heavy atom. The second kappa shape index (κ2) is 4.82. The molecule has 3 rings (SSSR count). The molecule has 5 atom stereocenters. The van der Waals surface area contributed by atoms with E-state index in [0.717, 1.165) is 16.7 Å². The maximum absolute atomic E-state index is 12.1. The van der Waals surface area contributed by atoms with Crippen LogP contribution in [0.1, 0.15) is 27.2 Å². The number of carbonyl (C=O) groups is 2. The Labute approximate surface area is 117 Å². The molecule has 0 saturated carbocycles. The summed E-state index contributed by atoms with van der Waals surface area (Å²) in [6.07, 6.45) is 1.06. The zero-order chi connectivity index (χ0) is 13.9. The van der Waals surface area contributed by atoms with Gasteiger partial charge in [-0.25, -0.2) is 0 Å². The number of rotatable bonds is 0. The first-order chi connectivity index (χ1) is 8.91. The van der Waals surface area contributed by atoms with Crippen LogP contribution in [0.2, 0.25) is 0 Å². The highest BCUT2D eigenvalue weighted by atomic mass is 16.6. The summed E-state index contributed by atoms with van der Waals surface area (Å²) in [5.74, 6) is -0.957. The van der Waals surface area contributed by atoms with Crippen molar-refractivity contribution in [2.45, 2.75) is 39.4 Å². The van der Waals surface area contributed by atoms with Gasteiger partial charge < -0.3 is 15.3 Å². The Kier molecular flexibility index (Phi) is 3.60.